The van der Waals surface area contributed by atoms with E-state index in [1.54, 1.807) is 38.1 Å². The number of fused-ring (bicyclic) bond motifs is 1. The first-order valence-electron chi connectivity index (χ1n) is 8.81. The first-order valence-corrected chi connectivity index (χ1v) is 8.81. The summed E-state index contributed by atoms with van der Waals surface area (Å²) in [5.41, 5.74) is 3.70. The standard InChI is InChI=1S/C22H16F2N2O3/c1-10-18(25-11(2)19(10)22(28)29)9-16-20-15(4-3-5-17(20)26-21(16)27)12-6-13(23)8-14(24)7-12/h3-9,25H,1-2H3,(H,26,27)(H,28,29)/b16-9-. The van der Waals surface area contributed by atoms with Gasteiger partial charge in [-0.15, -0.1) is 0 Å². The molecule has 4 rings (SSSR count). The average molecular weight is 394 g/mol. The molecule has 0 fully saturated rings. The normalized spacial score (nSPS) is 14.2. The molecule has 0 unspecified atom stereocenters. The number of H-pyrrole nitrogens is 1. The second kappa shape index (κ2) is 6.70. The molecule has 0 saturated carbocycles. The molecule has 2 heterocycles. The Labute approximate surface area is 164 Å². The van der Waals surface area contributed by atoms with Crippen molar-refractivity contribution in [2.45, 2.75) is 13.8 Å². The minimum Gasteiger partial charge on any atom is -0.478 e. The highest BCUT2D eigenvalue weighted by atomic mass is 19.1. The van der Waals surface area contributed by atoms with Crippen LogP contribution in [0.3, 0.4) is 0 Å². The van der Waals surface area contributed by atoms with E-state index in [0.29, 0.717) is 39.3 Å². The molecule has 3 N–H and O–H groups in total. The second-order valence-electron chi connectivity index (χ2n) is 6.87. The number of anilines is 1. The summed E-state index contributed by atoms with van der Waals surface area (Å²) in [5.74, 6) is -2.88. The van der Waals surface area contributed by atoms with Crippen LogP contribution in [0.2, 0.25) is 0 Å². The van der Waals surface area contributed by atoms with E-state index in [1.165, 1.54) is 12.1 Å². The lowest BCUT2D eigenvalue weighted by atomic mass is 9.94. The van der Waals surface area contributed by atoms with Crippen LogP contribution in [0.25, 0.3) is 22.8 Å². The van der Waals surface area contributed by atoms with Gasteiger partial charge in [0.1, 0.15) is 11.6 Å². The van der Waals surface area contributed by atoms with E-state index in [9.17, 15) is 23.5 Å². The highest BCUT2D eigenvalue weighted by molar-refractivity contribution is 6.36. The minimum atomic E-state index is -1.06. The van der Waals surface area contributed by atoms with Crippen molar-refractivity contribution in [3.05, 3.63) is 76.1 Å². The zero-order valence-corrected chi connectivity index (χ0v) is 15.6. The Kier molecular flexibility index (Phi) is 4.30. The first-order chi connectivity index (χ1) is 13.8. The van der Waals surface area contributed by atoms with Gasteiger partial charge in [-0.25, -0.2) is 13.6 Å². The van der Waals surface area contributed by atoms with Crippen LogP contribution in [-0.4, -0.2) is 22.0 Å². The molecule has 5 nitrogen and oxygen atoms in total. The molecule has 1 aliphatic heterocycles. The fraction of sp³-hybridized carbons (Fsp3) is 0.0909. The molecule has 0 atom stereocenters. The number of carbonyl (C=O) groups excluding carboxylic acids is 1. The number of halogens is 2. The zero-order valence-electron chi connectivity index (χ0n) is 15.6. The summed E-state index contributed by atoms with van der Waals surface area (Å²) < 4.78 is 27.5. The summed E-state index contributed by atoms with van der Waals surface area (Å²) in [4.78, 5) is 27.1. The number of carboxylic acid groups (broad SMARTS) is 1. The molecule has 0 bridgehead atoms. The molecular weight excluding hydrogens is 378 g/mol. The molecule has 146 valence electrons. The predicted molar refractivity (Wildman–Crippen MR) is 106 cm³/mol. The Bertz CT molecular complexity index is 1200. The van der Waals surface area contributed by atoms with Crippen LogP contribution < -0.4 is 5.32 Å². The molecule has 3 aromatic rings. The van der Waals surface area contributed by atoms with Crippen LogP contribution in [0.5, 0.6) is 0 Å². The van der Waals surface area contributed by atoms with Gasteiger partial charge in [0.25, 0.3) is 5.91 Å². The number of rotatable bonds is 3. The van der Waals surface area contributed by atoms with E-state index in [4.69, 9.17) is 0 Å². The smallest absolute Gasteiger partial charge is 0.337 e. The van der Waals surface area contributed by atoms with Gasteiger partial charge in [-0.05, 0) is 54.8 Å². The first kappa shape index (κ1) is 18.6. The molecular formula is C22H16F2N2O3. The molecule has 1 aliphatic rings. The second-order valence-corrected chi connectivity index (χ2v) is 6.87. The molecule has 1 amide bonds. The Morgan fingerprint density at radius 2 is 1.79 bits per heavy atom. The van der Waals surface area contributed by atoms with E-state index in [2.05, 4.69) is 10.3 Å². The van der Waals surface area contributed by atoms with Crippen molar-refractivity contribution < 1.29 is 23.5 Å². The number of aromatic nitrogens is 1. The van der Waals surface area contributed by atoms with Crippen molar-refractivity contribution in [2.75, 3.05) is 5.32 Å². The summed E-state index contributed by atoms with van der Waals surface area (Å²) in [6.45, 7) is 3.29. The number of amides is 1. The van der Waals surface area contributed by atoms with Crippen LogP contribution in [0, 0.1) is 25.5 Å². The van der Waals surface area contributed by atoms with Crippen molar-refractivity contribution in [3.8, 4) is 11.1 Å². The van der Waals surface area contributed by atoms with E-state index in [-0.39, 0.29) is 17.0 Å². The number of carboxylic acids is 1. The fourth-order valence-corrected chi connectivity index (χ4v) is 3.72. The summed E-state index contributed by atoms with van der Waals surface area (Å²) in [6.07, 6.45) is 1.56. The third-order valence-corrected chi connectivity index (χ3v) is 4.98. The van der Waals surface area contributed by atoms with Gasteiger partial charge in [0.05, 0.1) is 11.1 Å². The van der Waals surface area contributed by atoms with E-state index >= 15 is 0 Å². The number of hydrogen-bond acceptors (Lipinski definition) is 2. The largest absolute Gasteiger partial charge is 0.478 e. The van der Waals surface area contributed by atoms with Gasteiger partial charge in [0, 0.05) is 28.7 Å². The topological polar surface area (TPSA) is 82.2 Å². The third kappa shape index (κ3) is 3.10. The zero-order chi connectivity index (χ0) is 20.9. The van der Waals surface area contributed by atoms with Crippen molar-refractivity contribution in [2.24, 2.45) is 0 Å². The lowest BCUT2D eigenvalue weighted by Crippen LogP contribution is -2.03. The average Bonchev–Trinajstić information content (AvgIpc) is 3.10. The quantitative estimate of drug-likeness (QED) is 0.560. The molecule has 0 spiro atoms. The monoisotopic (exact) mass is 394 g/mol. The van der Waals surface area contributed by atoms with Gasteiger partial charge < -0.3 is 15.4 Å². The van der Waals surface area contributed by atoms with Crippen LogP contribution >= 0.6 is 0 Å². The Hall–Kier alpha value is -3.74. The minimum absolute atomic E-state index is 0.149. The van der Waals surface area contributed by atoms with Crippen molar-refractivity contribution in [1.82, 2.24) is 4.98 Å². The predicted octanol–water partition coefficient (Wildman–Crippen LogP) is 4.77. The van der Waals surface area contributed by atoms with Crippen LogP contribution in [-0.2, 0) is 4.79 Å². The number of aryl methyl sites for hydroxylation is 1. The van der Waals surface area contributed by atoms with E-state index in [1.807, 2.05) is 0 Å². The molecule has 0 saturated heterocycles. The Morgan fingerprint density at radius 3 is 2.41 bits per heavy atom. The van der Waals surface area contributed by atoms with Crippen LogP contribution in [0.4, 0.5) is 14.5 Å². The molecule has 0 aliphatic carbocycles. The molecule has 7 heteroatoms. The lowest BCUT2D eigenvalue weighted by molar-refractivity contribution is -0.110. The lowest BCUT2D eigenvalue weighted by Gasteiger charge is -2.09. The Morgan fingerprint density at radius 1 is 1.10 bits per heavy atom. The number of aromatic amines is 1. The molecule has 2 aromatic carbocycles. The maximum Gasteiger partial charge on any atom is 0.337 e. The highest BCUT2D eigenvalue weighted by Crippen LogP contribution is 2.41. The van der Waals surface area contributed by atoms with Crippen molar-refractivity contribution in [3.63, 3.8) is 0 Å². The van der Waals surface area contributed by atoms with E-state index in [0.717, 1.165) is 6.07 Å². The SMILES string of the molecule is Cc1[nH]c(/C=C2\C(=O)Nc3cccc(-c4cc(F)cc(F)c4)c32)c(C)c1C(=O)O. The molecule has 1 aromatic heterocycles. The molecule has 29 heavy (non-hydrogen) atoms. The highest BCUT2D eigenvalue weighted by Gasteiger charge is 2.28. The van der Waals surface area contributed by atoms with Gasteiger partial charge in [0.15, 0.2) is 0 Å². The van der Waals surface area contributed by atoms with Gasteiger partial charge in [-0.3, -0.25) is 4.79 Å². The maximum absolute atomic E-state index is 13.8. The van der Waals surface area contributed by atoms with Crippen LogP contribution in [0.1, 0.15) is 32.9 Å². The Balaban J connectivity index is 1.93. The van der Waals surface area contributed by atoms with Gasteiger partial charge >= 0.3 is 5.97 Å². The van der Waals surface area contributed by atoms with Crippen molar-refractivity contribution in [1.29, 1.82) is 0 Å². The van der Waals surface area contributed by atoms with Gasteiger partial charge in [0.2, 0.25) is 0 Å². The van der Waals surface area contributed by atoms with E-state index < -0.39 is 17.6 Å². The summed E-state index contributed by atoms with van der Waals surface area (Å²) >= 11 is 0. The number of aromatic carboxylic acids is 1. The third-order valence-electron chi connectivity index (χ3n) is 4.98. The number of hydrogen-bond donors (Lipinski definition) is 3. The number of carbonyl (C=O) groups is 2. The van der Waals surface area contributed by atoms with Gasteiger partial charge in [-0.1, -0.05) is 12.1 Å². The summed E-state index contributed by atoms with van der Waals surface area (Å²) in [6, 6.07) is 8.24. The summed E-state index contributed by atoms with van der Waals surface area (Å²) in [5, 5.41) is 12.1. The van der Waals surface area contributed by atoms with Crippen molar-refractivity contribution >= 4 is 29.2 Å². The number of benzene rings is 2. The number of nitrogens with one attached hydrogen (secondary N) is 2. The summed E-state index contributed by atoms with van der Waals surface area (Å²) in [7, 11) is 0. The van der Waals surface area contributed by atoms with Crippen LogP contribution in [0.15, 0.2) is 36.4 Å². The fourth-order valence-electron chi connectivity index (χ4n) is 3.72. The van der Waals surface area contributed by atoms with Gasteiger partial charge in [-0.2, -0.15) is 0 Å². The maximum atomic E-state index is 13.8. The molecule has 0 radical (unpaired) electrons.